The lowest BCUT2D eigenvalue weighted by molar-refractivity contribution is -0.00573. The molecule has 0 radical (unpaired) electrons. The molecule has 2 aliphatic heterocycles. The van der Waals surface area contributed by atoms with Gasteiger partial charge in [0, 0.05) is 68.3 Å². The van der Waals surface area contributed by atoms with Gasteiger partial charge in [-0.1, -0.05) is 6.07 Å². The average molecular weight is 611 g/mol. The maximum absolute atomic E-state index is 13.8. The number of nitrogens with zero attached hydrogens (tertiary/aromatic N) is 4. The van der Waals surface area contributed by atoms with Crippen molar-refractivity contribution in [2.45, 2.75) is 38.7 Å². The zero-order valence-corrected chi connectivity index (χ0v) is 25.4. The van der Waals surface area contributed by atoms with Crippen LogP contribution in [0.2, 0.25) is 0 Å². The number of amides is 1. The number of hydrogen-bond acceptors (Lipinski definition) is 8. The summed E-state index contributed by atoms with van der Waals surface area (Å²) in [5.41, 5.74) is 3.16. The van der Waals surface area contributed by atoms with Crippen LogP contribution in [-0.4, -0.2) is 74.3 Å². The second-order valence-corrected chi connectivity index (χ2v) is 11.3. The zero-order valence-electron chi connectivity index (χ0n) is 25.4. The van der Waals surface area contributed by atoms with Crippen LogP contribution in [0.4, 0.5) is 0 Å². The molecule has 0 aliphatic carbocycles. The van der Waals surface area contributed by atoms with E-state index in [0.717, 1.165) is 11.1 Å². The van der Waals surface area contributed by atoms with Crippen molar-refractivity contribution in [3.05, 3.63) is 77.9 Å². The summed E-state index contributed by atoms with van der Waals surface area (Å²) in [6.07, 6.45) is 7.67. The molecule has 1 amide bonds. The number of carbonyl (C=O) groups excluding carboxylic acids is 2. The fourth-order valence-corrected chi connectivity index (χ4v) is 6.05. The average Bonchev–Trinajstić information content (AvgIpc) is 3.46. The van der Waals surface area contributed by atoms with Gasteiger partial charge in [-0.3, -0.25) is 19.3 Å². The summed E-state index contributed by atoms with van der Waals surface area (Å²) >= 11 is 0. The molecule has 45 heavy (non-hydrogen) atoms. The molecule has 0 unspecified atom stereocenters. The van der Waals surface area contributed by atoms with E-state index in [9.17, 15) is 19.5 Å². The highest BCUT2D eigenvalue weighted by Gasteiger charge is 2.44. The molecule has 2 aromatic heterocycles. The zero-order chi connectivity index (χ0) is 31.7. The van der Waals surface area contributed by atoms with Crippen molar-refractivity contribution in [3.8, 4) is 39.5 Å². The number of Topliss-reactive ketones (excluding diaryl/α,β-unsaturated/α-hetero) is 1. The quantitative estimate of drug-likeness (QED) is 0.283. The van der Waals surface area contributed by atoms with Crippen LogP contribution in [0.3, 0.4) is 0 Å². The van der Waals surface area contributed by atoms with E-state index < -0.39 is 11.6 Å². The minimum atomic E-state index is -1.07. The Morgan fingerprint density at radius 2 is 1.64 bits per heavy atom. The van der Waals surface area contributed by atoms with Crippen LogP contribution in [0, 0.1) is 0 Å². The largest absolute Gasteiger partial charge is 0.493 e. The predicted molar refractivity (Wildman–Crippen MR) is 165 cm³/mol. The Morgan fingerprint density at radius 3 is 2.27 bits per heavy atom. The molecule has 2 aliphatic rings. The molecular formula is C34H34N4O7. The maximum Gasteiger partial charge on any atom is 0.337 e. The summed E-state index contributed by atoms with van der Waals surface area (Å²) < 4.78 is 20.1. The van der Waals surface area contributed by atoms with E-state index >= 15 is 0 Å². The van der Waals surface area contributed by atoms with Crippen LogP contribution < -0.4 is 14.2 Å². The smallest absolute Gasteiger partial charge is 0.337 e. The maximum atomic E-state index is 13.8. The van der Waals surface area contributed by atoms with Crippen LogP contribution in [0.5, 0.6) is 17.2 Å². The van der Waals surface area contributed by atoms with Gasteiger partial charge in [-0.25, -0.2) is 4.79 Å². The number of fused-ring (bicyclic) bond motifs is 1. The fourth-order valence-electron chi connectivity index (χ4n) is 6.05. The summed E-state index contributed by atoms with van der Waals surface area (Å²) in [6, 6.07) is 10.3. The Balaban J connectivity index is 1.20. The molecule has 0 atom stereocenters. The fraction of sp³-hybridized carbons (Fsp3) is 0.324. The van der Waals surface area contributed by atoms with Gasteiger partial charge in [0.1, 0.15) is 22.8 Å². The molecule has 11 heteroatoms. The first kappa shape index (κ1) is 29.9. The van der Waals surface area contributed by atoms with Gasteiger partial charge in [0.15, 0.2) is 5.78 Å². The molecular weight excluding hydrogens is 576 g/mol. The van der Waals surface area contributed by atoms with Crippen molar-refractivity contribution in [2.75, 3.05) is 26.3 Å². The summed E-state index contributed by atoms with van der Waals surface area (Å²) in [5, 5.41) is 13.6. The van der Waals surface area contributed by atoms with Gasteiger partial charge in [0.25, 0.3) is 5.91 Å². The standard InChI is InChI=1S/C34H34N4O7/c1-4-43-29-14-22(15-30(44-5-2)31(29)25-19-36-37(3)20-25)32(40)38-10-8-34(9-11-38)16-27(39)26-13-21(6-7-28(26)45-34)23-12-24(33(41)42)18-35-17-23/h6-7,12-15,17-20H,4-5,8-11,16H2,1-3H3,(H,41,42). The first-order valence-electron chi connectivity index (χ1n) is 15.0. The molecule has 1 N–H and O–H groups in total. The number of benzene rings is 2. The topological polar surface area (TPSA) is 133 Å². The van der Waals surface area contributed by atoms with E-state index in [4.69, 9.17) is 14.2 Å². The molecule has 0 saturated carbocycles. The number of carboxylic acids is 1. The highest BCUT2D eigenvalue weighted by Crippen LogP contribution is 2.43. The van der Waals surface area contributed by atoms with Gasteiger partial charge in [-0.2, -0.15) is 5.10 Å². The number of ether oxygens (including phenoxy) is 3. The summed E-state index contributed by atoms with van der Waals surface area (Å²) in [5.74, 6) is 0.334. The lowest BCUT2D eigenvalue weighted by atomic mass is 9.82. The van der Waals surface area contributed by atoms with Gasteiger partial charge in [-0.15, -0.1) is 0 Å². The van der Waals surface area contributed by atoms with Crippen molar-refractivity contribution in [1.29, 1.82) is 0 Å². The Bertz CT molecular complexity index is 1760. The van der Waals surface area contributed by atoms with Crippen molar-refractivity contribution >= 4 is 17.7 Å². The Hall–Kier alpha value is -5.19. The summed E-state index contributed by atoms with van der Waals surface area (Å²) in [6.45, 7) is 5.47. The Kier molecular flexibility index (Phi) is 8.01. The molecule has 1 saturated heterocycles. The Labute approximate surface area is 260 Å². The lowest BCUT2D eigenvalue weighted by Crippen LogP contribution is -2.52. The number of ketones is 1. The molecule has 4 aromatic rings. The van der Waals surface area contributed by atoms with E-state index in [1.54, 1.807) is 52.3 Å². The van der Waals surface area contributed by atoms with Gasteiger partial charge < -0.3 is 24.2 Å². The van der Waals surface area contributed by atoms with Crippen molar-refractivity contribution < 1.29 is 33.7 Å². The van der Waals surface area contributed by atoms with E-state index in [0.29, 0.717) is 78.6 Å². The van der Waals surface area contributed by atoms with Crippen LogP contribution in [0.15, 0.2) is 61.2 Å². The molecule has 11 nitrogen and oxygen atoms in total. The van der Waals surface area contributed by atoms with Crippen LogP contribution in [-0.2, 0) is 7.05 Å². The summed E-state index contributed by atoms with van der Waals surface area (Å²) in [7, 11) is 1.84. The van der Waals surface area contributed by atoms with Crippen LogP contribution in [0.1, 0.15) is 64.2 Å². The number of carbonyl (C=O) groups is 3. The molecule has 232 valence electrons. The molecule has 1 fully saturated rings. The number of aromatic carboxylic acids is 1. The number of carboxylic acid groups (broad SMARTS) is 1. The molecule has 4 heterocycles. The van der Waals surface area contributed by atoms with Gasteiger partial charge in [0.05, 0.1) is 42.5 Å². The number of aryl methyl sites for hydroxylation is 1. The van der Waals surface area contributed by atoms with Gasteiger partial charge in [-0.05, 0) is 49.7 Å². The van der Waals surface area contributed by atoms with E-state index in [1.165, 1.54) is 12.3 Å². The van der Waals surface area contributed by atoms with Gasteiger partial charge >= 0.3 is 5.97 Å². The first-order valence-corrected chi connectivity index (χ1v) is 15.0. The minimum absolute atomic E-state index is 0.0473. The highest BCUT2D eigenvalue weighted by molar-refractivity contribution is 6.02. The van der Waals surface area contributed by atoms with Crippen molar-refractivity contribution in [3.63, 3.8) is 0 Å². The lowest BCUT2D eigenvalue weighted by Gasteiger charge is -2.44. The third kappa shape index (κ3) is 5.85. The SMILES string of the molecule is CCOc1cc(C(=O)N2CCC3(CC2)CC(=O)c2cc(-c4cncc(C(=O)O)c4)ccc2O3)cc(OCC)c1-c1cnn(C)c1. The van der Waals surface area contributed by atoms with E-state index in [1.807, 2.05) is 27.1 Å². The minimum Gasteiger partial charge on any atom is -0.493 e. The second kappa shape index (κ2) is 12.1. The third-order valence-corrected chi connectivity index (χ3v) is 8.28. The molecule has 0 bridgehead atoms. The summed E-state index contributed by atoms with van der Waals surface area (Å²) in [4.78, 5) is 44.4. The molecule has 6 rings (SSSR count). The first-order chi connectivity index (χ1) is 21.7. The second-order valence-electron chi connectivity index (χ2n) is 11.3. The number of hydrogen-bond donors (Lipinski definition) is 1. The monoisotopic (exact) mass is 610 g/mol. The number of pyridine rings is 1. The van der Waals surface area contributed by atoms with Gasteiger partial charge in [0.2, 0.25) is 0 Å². The number of aromatic nitrogens is 3. The van der Waals surface area contributed by atoms with Crippen molar-refractivity contribution in [2.24, 2.45) is 7.05 Å². The van der Waals surface area contributed by atoms with Crippen LogP contribution >= 0.6 is 0 Å². The van der Waals surface area contributed by atoms with E-state index in [-0.39, 0.29) is 23.7 Å². The number of likely N-dealkylation sites (tertiary alicyclic amines) is 1. The van der Waals surface area contributed by atoms with Crippen LogP contribution in [0.25, 0.3) is 22.3 Å². The number of rotatable bonds is 8. The normalized spacial score (nSPS) is 15.4. The number of piperidine rings is 1. The highest BCUT2D eigenvalue weighted by atomic mass is 16.5. The predicted octanol–water partition coefficient (Wildman–Crippen LogP) is 5.28. The molecule has 2 aromatic carbocycles. The molecule has 1 spiro atoms. The Morgan fingerprint density at radius 1 is 0.933 bits per heavy atom. The van der Waals surface area contributed by atoms with E-state index in [2.05, 4.69) is 10.1 Å². The third-order valence-electron chi connectivity index (χ3n) is 8.28. The van der Waals surface area contributed by atoms with Crippen molar-refractivity contribution in [1.82, 2.24) is 19.7 Å².